The number of carbonyl (C=O) groups is 2. The third-order valence-electron chi connectivity index (χ3n) is 2.69. The summed E-state index contributed by atoms with van der Waals surface area (Å²) in [5.74, 6) is -1.19. The molecule has 0 atom stereocenters. The van der Waals surface area contributed by atoms with E-state index in [2.05, 4.69) is 11.3 Å². The molecule has 138 valence electrons. The smallest absolute Gasteiger partial charge is 0.462 e. The molecule has 0 aromatic rings. The van der Waals surface area contributed by atoms with Gasteiger partial charge in [-0.25, -0.2) is 9.59 Å². The van der Waals surface area contributed by atoms with E-state index in [4.69, 9.17) is 18.0 Å². The topological polar surface area (TPSA) is 80.3 Å². The maximum absolute atomic E-state index is 11.5. The number of esters is 2. The highest BCUT2D eigenvalue weighted by atomic mass is 28.4. The average molecular weight is 360 g/mol. The average Bonchev–Trinajstić information content (AvgIpc) is 2.52. The summed E-state index contributed by atoms with van der Waals surface area (Å²) in [4.78, 5) is 22.6. The van der Waals surface area contributed by atoms with Gasteiger partial charge in [-0.3, -0.25) is 0 Å². The molecule has 0 bridgehead atoms. The Kier molecular flexibility index (Phi) is 12.1. The van der Waals surface area contributed by atoms with Gasteiger partial charge in [-0.1, -0.05) is 6.58 Å². The minimum atomic E-state index is -2.71. The highest BCUT2D eigenvalue weighted by Crippen LogP contribution is 2.18. The van der Waals surface area contributed by atoms with E-state index < -0.39 is 20.7 Å². The zero-order valence-corrected chi connectivity index (χ0v) is 16.0. The SMILES string of the molecule is C=C(C)C(=O)OC=CC(=O)OCCC[Si](OCC)(OCC)OCC. The summed E-state index contributed by atoms with van der Waals surface area (Å²) in [5.41, 5.74) is 0.247. The predicted molar refractivity (Wildman–Crippen MR) is 91.1 cm³/mol. The van der Waals surface area contributed by atoms with Gasteiger partial charge in [0.2, 0.25) is 0 Å². The minimum absolute atomic E-state index is 0.194. The molecule has 0 heterocycles. The molecular weight excluding hydrogens is 332 g/mol. The molecule has 0 aliphatic carbocycles. The van der Waals surface area contributed by atoms with Crippen LogP contribution in [0.25, 0.3) is 0 Å². The van der Waals surface area contributed by atoms with Crippen molar-refractivity contribution >= 4 is 20.7 Å². The largest absolute Gasteiger partial charge is 0.501 e. The second-order valence-electron chi connectivity index (χ2n) is 4.74. The zero-order valence-electron chi connectivity index (χ0n) is 15.0. The van der Waals surface area contributed by atoms with Gasteiger partial charge >= 0.3 is 20.7 Å². The molecule has 8 heteroatoms. The molecule has 0 fully saturated rings. The third kappa shape index (κ3) is 9.61. The Morgan fingerprint density at radius 1 is 1.04 bits per heavy atom. The van der Waals surface area contributed by atoms with Crippen molar-refractivity contribution in [1.82, 2.24) is 0 Å². The number of carbonyl (C=O) groups excluding carboxylic acids is 2. The van der Waals surface area contributed by atoms with Crippen molar-refractivity contribution in [3.8, 4) is 0 Å². The molecular formula is C16H28O7Si. The van der Waals surface area contributed by atoms with Crippen LogP contribution in [0.3, 0.4) is 0 Å². The van der Waals surface area contributed by atoms with Crippen molar-refractivity contribution in [3.63, 3.8) is 0 Å². The third-order valence-corrected chi connectivity index (χ3v) is 5.84. The van der Waals surface area contributed by atoms with Crippen LogP contribution in [-0.2, 0) is 32.3 Å². The summed E-state index contributed by atoms with van der Waals surface area (Å²) in [6.45, 7) is 12.3. The van der Waals surface area contributed by atoms with Crippen LogP contribution in [0.2, 0.25) is 6.04 Å². The zero-order chi connectivity index (χ0) is 18.4. The number of hydrogen-bond acceptors (Lipinski definition) is 7. The Morgan fingerprint density at radius 3 is 2.04 bits per heavy atom. The molecule has 0 spiro atoms. The molecule has 0 aromatic heterocycles. The van der Waals surface area contributed by atoms with Gasteiger partial charge in [0.25, 0.3) is 0 Å². The maximum atomic E-state index is 11.5. The van der Waals surface area contributed by atoms with Crippen LogP contribution in [-0.4, -0.2) is 47.2 Å². The van der Waals surface area contributed by atoms with Gasteiger partial charge in [0, 0.05) is 31.4 Å². The highest BCUT2D eigenvalue weighted by Gasteiger charge is 2.39. The minimum Gasteiger partial charge on any atom is -0.462 e. The summed E-state index contributed by atoms with van der Waals surface area (Å²) < 4.78 is 26.8. The lowest BCUT2D eigenvalue weighted by Crippen LogP contribution is -2.46. The van der Waals surface area contributed by atoms with E-state index in [9.17, 15) is 9.59 Å². The first-order chi connectivity index (χ1) is 11.4. The van der Waals surface area contributed by atoms with E-state index in [0.29, 0.717) is 32.3 Å². The first-order valence-corrected chi connectivity index (χ1v) is 9.95. The predicted octanol–water partition coefficient (Wildman–Crippen LogP) is 2.60. The fraction of sp³-hybridized carbons (Fsp3) is 0.625. The fourth-order valence-corrected chi connectivity index (χ4v) is 4.34. The van der Waals surface area contributed by atoms with Crippen LogP contribution in [0.15, 0.2) is 24.5 Å². The first-order valence-electron chi connectivity index (χ1n) is 8.02. The Hall–Kier alpha value is -1.48. The summed E-state index contributed by atoms with van der Waals surface area (Å²) in [5, 5.41) is 0. The van der Waals surface area contributed by atoms with Gasteiger partial charge in [0.1, 0.15) is 6.26 Å². The van der Waals surface area contributed by atoms with Crippen LogP contribution in [0.4, 0.5) is 0 Å². The van der Waals surface area contributed by atoms with E-state index >= 15 is 0 Å². The molecule has 0 N–H and O–H groups in total. The van der Waals surface area contributed by atoms with E-state index in [0.717, 1.165) is 12.3 Å². The van der Waals surface area contributed by atoms with Crippen LogP contribution in [0, 0.1) is 0 Å². The summed E-state index contributed by atoms with van der Waals surface area (Å²) in [6.07, 6.45) is 2.58. The molecule has 0 aromatic carbocycles. The molecule has 7 nitrogen and oxygen atoms in total. The van der Waals surface area contributed by atoms with E-state index in [1.54, 1.807) is 0 Å². The first kappa shape index (κ1) is 22.5. The van der Waals surface area contributed by atoms with Crippen LogP contribution < -0.4 is 0 Å². The van der Waals surface area contributed by atoms with Gasteiger partial charge in [-0.15, -0.1) is 0 Å². The summed E-state index contributed by atoms with van der Waals surface area (Å²) >= 11 is 0. The van der Waals surface area contributed by atoms with Gasteiger partial charge in [-0.2, -0.15) is 0 Å². The molecule has 0 aliphatic rings. The quantitative estimate of drug-likeness (QED) is 0.164. The second-order valence-corrected chi connectivity index (χ2v) is 7.47. The maximum Gasteiger partial charge on any atom is 0.501 e. The standard InChI is InChI=1S/C16H28O7Si/c1-6-21-24(22-7-2,23-8-3)13-9-11-19-15(17)10-12-20-16(18)14(4)5/h10,12H,4,6-9,11,13H2,1-3,5H3. The van der Waals surface area contributed by atoms with Gasteiger partial charge in [-0.05, 0) is 34.1 Å². The van der Waals surface area contributed by atoms with Gasteiger partial charge < -0.3 is 22.8 Å². The monoisotopic (exact) mass is 360 g/mol. The lowest BCUT2D eigenvalue weighted by Gasteiger charge is -2.28. The number of rotatable bonds is 13. The van der Waals surface area contributed by atoms with E-state index in [1.807, 2.05) is 20.8 Å². The normalized spacial score (nSPS) is 11.5. The van der Waals surface area contributed by atoms with Crippen molar-refractivity contribution in [2.45, 2.75) is 40.2 Å². The number of ether oxygens (including phenoxy) is 2. The summed E-state index contributed by atoms with van der Waals surface area (Å²) in [7, 11) is -2.71. The Bertz CT molecular complexity index is 417. The summed E-state index contributed by atoms with van der Waals surface area (Å²) in [6, 6.07) is 0.560. The number of hydrogen-bond donors (Lipinski definition) is 0. The Labute approximate surface area is 144 Å². The second kappa shape index (κ2) is 12.9. The van der Waals surface area contributed by atoms with Crippen LogP contribution in [0.5, 0.6) is 0 Å². The van der Waals surface area contributed by atoms with Crippen LogP contribution in [0.1, 0.15) is 34.1 Å². The molecule has 0 saturated carbocycles. The highest BCUT2D eigenvalue weighted by molar-refractivity contribution is 6.60. The van der Waals surface area contributed by atoms with Crippen molar-refractivity contribution in [2.24, 2.45) is 0 Å². The molecule has 0 aliphatic heterocycles. The van der Waals surface area contributed by atoms with Crippen molar-refractivity contribution < 1.29 is 32.3 Å². The fourth-order valence-electron chi connectivity index (χ4n) is 1.76. The van der Waals surface area contributed by atoms with Crippen molar-refractivity contribution in [3.05, 3.63) is 24.5 Å². The molecule has 24 heavy (non-hydrogen) atoms. The van der Waals surface area contributed by atoms with Gasteiger partial charge in [0.05, 0.1) is 12.7 Å². The molecule has 0 radical (unpaired) electrons. The van der Waals surface area contributed by atoms with E-state index in [-0.39, 0.29) is 12.2 Å². The molecule has 0 unspecified atom stereocenters. The molecule has 0 saturated heterocycles. The Balaban J connectivity index is 4.23. The van der Waals surface area contributed by atoms with Crippen LogP contribution >= 0.6 is 0 Å². The lowest BCUT2D eigenvalue weighted by molar-refractivity contribution is -0.138. The van der Waals surface area contributed by atoms with Crippen molar-refractivity contribution in [1.29, 1.82) is 0 Å². The molecule has 0 amide bonds. The van der Waals surface area contributed by atoms with Gasteiger partial charge in [0.15, 0.2) is 0 Å². The lowest BCUT2D eigenvalue weighted by atomic mass is 10.4. The Morgan fingerprint density at radius 2 is 1.58 bits per heavy atom. The van der Waals surface area contributed by atoms with E-state index in [1.165, 1.54) is 6.92 Å². The molecule has 0 rings (SSSR count). The van der Waals surface area contributed by atoms with Crippen molar-refractivity contribution in [2.75, 3.05) is 26.4 Å².